The smallest absolute Gasteiger partial charge is 0.126 e. The molecule has 1 unspecified atom stereocenters. The first-order valence-corrected chi connectivity index (χ1v) is 5.91. The Labute approximate surface area is 102 Å². The average molecular weight is 237 g/mol. The third kappa shape index (κ3) is 2.53. The van der Waals surface area contributed by atoms with Crippen LogP contribution < -0.4 is 9.64 Å². The minimum atomic E-state index is -0.538. The third-order valence-corrected chi connectivity index (χ3v) is 3.03. The molecule has 2 rings (SSSR count). The van der Waals surface area contributed by atoms with E-state index in [0.29, 0.717) is 0 Å². The van der Waals surface area contributed by atoms with E-state index in [2.05, 4.69) is 4.90 Å². The predicted octanol–water partition coefficient (Wildman–Crippen LogP) is 1.59. The van der Waals surface area contributed by atoms with Crippen LogP contribution in [0.25, 0.3) is 0 Å². The molecule has 1 aromatic rings. The Balaban J connectivity index is 2.37. The number of rotatable bonds is 3. The van der Waals surface area contributed by atoms with Gasteiger partial charge in [0.05, 0.1) is 26.4 Å². The molecule has 94 valence electrons. The maximum atomic E-state index is 9.91. The standard InChI is InChI=1S/C13H19NO3/c1-10(15)13-11(4-3-5-12(13)16-2)14-6-8-17-9-7-14/h3-5,10,15H,6-9H2,1-2H3. The van der Waals surface area contributed by atoms with Crippen molar-refractivity contribution in [1.82, 2.24) is 0 Å². The summed E-state index contributed by atoms with van der Waals surface area (Å²) in [6.45, 7) is 4.94. The van der Waals surface area contributed by atoms with Crippen molar-refractivity contribution in [3.05, 3.63) is 23.8 Å². The fourth-order valence-electron chi connectivity index (χ4n) is 2.21. The molecule has 1 aliphatic rings. The summed E-state index contributed by atoms with van der Waals surface area (Å²) in [7, 11) is 1.63. The molecule has 1 N–H and O–H groups in total. The summed E-state index contributed by atoms with van der Waals surface area (Å²) in [5.74, 6) is 0.740. The minimum absolute atomic E-state index is 0.538. The SMILES string of the molecule is COc1cccc(N2CCOCC2)c1C(C)O. The summed E-state index contributed by atoms with van der Waals surface area (Å²) in [4.78, 5) is 2.23. The third-order valence-electron chi connectivity index (χ3n) is 3.03. The van der Waals surface area contributed by atoms with Gasteiger partial charge in [-0.1, -0.05) is 6.07 Å². The van der Waals surface area contributed by atoms with Crippen LogP contribution in [-0.2, 0) is 4.74 Å². The van der Waals surface area contributed by atoms with Gasteiger partial charge >= 0.3 is 0 Å². The van der Waals surface area contributed by atoms with Gasteiger partial charge in [0.2, 0.25) is 0 Å². The van der Waals surface area contributed by atoms with E-state index in [1.807, 2.05) is 18.2 Å². The molecule has 0 spiro atoms. The highest BCUT2D eigenvalue weighted by molar-refractivity contribution is 5.60. The Bertz CT molecular complexity index is 373. The lowest BCUT2D eigenvalue weighted by molar-refractivity contribution is 0.122. The number of hydrogen-bond acceptors (Lipinski definition) is 4. The molecule has 1 aromatic carbocycles. The molecule has 1 saturated heterocycles. The maximum absolute atomic E-state index is 9.91. The summed E-state index contributed by atoms with van der Waals surface area (Å²) in [5.41, 5.74) is 1.90. The lowest BCUT2D eigenvalue weighted by Crippen LogP contribution is -2.37. The highest BCUT2D eigenvalue weighted by Crippen LogP contribution is 2.34. The lowest BCUT2D eigenvalue weighted by Gasteiger charge is -2.31. The summed E-state index contributed by atoms with van der Waals surface area (Å²) in [5, 5.41) is 9.91. The Hall–Kier alpha value is -1.26. The van der Waals surface area contributed by atoms with E-state index in [1.54, 1.807) is 14.0 Å². The van der Waals surface area contributed by atoms with Crippen LogP contribution in [-0.4, -0.2) is 38.5 Å². The van der Waals surface area contributed by atoms with Gasteiger partial charge in [-0.05, 0) is 19.1 Å². The normalized spacial score (nSPS) is 17.9. The van der Waals surface area contributed by atoms with Crippen LogP contribution in [0, 0.1) is 0 Å². The van der Waals surface area contributed by atoms with Gasteiger partial charge in [-0.3, -0.25) is 0 Å². The van der Waals surface area contributed by atoms with Crippen LogP contribution in [0.4, 0.5) is 5.69 Å². The molecule has 0 aromatic heterocycles. The Morgan fingerprint density at radius 3 is 2.65 bits per heavy atom. The topological polar surface area (TPSA) is 41.9 Å². The quantitative estimate of drug-likeness (QED) is 0.866. The van der Waals surface area contributed by atoms with Crippen molar-refractivity contribution in [1.29, 1.82) is 0 Å². The van der Waals surface area contributed by atoms with Gasteiger partial charge in [0.25, 0.3) is 0 Å². The van der Waals surface area contributed by atoms with Gasteiger partial charge in [-0.15, -0.1) is 0 Å². The Morgan fingerprint density at radius 1 is 1.35 bits per heavy atom. The first-order valence-electron chi connectivity index (χ1n) is 5.91. The average Bonchev–Trinajstić information content (AvgIpc) is 2.38. The van der Waals surface area contributed by atoms with Crippen LogP contribution in [0.5, 0.6) is 5.75 Å². The van der Waals surface area contributed by atoms with Gasteiger partial charge in [-0.2, -0.15) is 0 Å². The molecule has 0 radical (unpaired) electrons. The Kier molecular flexibility index (Phi) is 3.86. The van der Waals surface area contributed by atoms with Gasteiger partial charge in [0.15, 0.2) is 0 Å². The second kappa shape index (κ2) is 5.38. The summed E-state index contributed by atoms with van der Waals surface area (Å²) < 4.78 is 10.7. The molecule has 1 heterocycles. The maximum Gasteiger partial charge on any atom is 0.126 e. The first-order chi connectivity index (χ1) is 8.24. The second-order valence-corrected chi connectivity index (χ2v) is 4.17. The van der Waals surface area contributed by atoms with Crippen molar-refractivity contribution in [2.24, 2.45) is 0 Å². The molecule has 0 saturated carbocycles. The van der Waals surface area contributed by atoms with Crippen molar-refractivity contribution in [3.8, 4) is 5.75 Å². The fraction of sp³-hybridized carbons (Fsp3) is 0.538. The van der Waals surface area contributed by atoms with Crippen molar-refractivity contribution in [3.63, 3.8) is 0 Å². The van der Waals surface area contributed by atoms with Crippen LogP contribution in [0.1, 0.15) is 18.6 Å². The molecular weight excluding hydrogens is 218 g/mol. The van der Waals surface area contributed by atoms with E-state index in [4.69, 9.17) is 9.47 Å². The number of aliphatic hydroxyl groups excluding tert-OH is 1. The zero-order chi connectivity index (χ0) is 12.3. The van der Waals surface area contributed by atoms with Crippen molar-refractivity contribution in [2.45, 2.75) is 13.0 Å². The van der Waals surface area contributed by atoms with Crippen LogP contribution in [0.2, 0.25) is 0 Å². The van der Waals surface area contributed by atoms with E-state index in [-0.39, 0.29) is 0 Å². The number of nitrogens with zero attached hydrogens (tertiary/aromatic N) is 1. The number of benzene rings is 1. The predicted molar refractivity (Wildman–Crippen MR) is 66.7 cm³/mol. The molecule has 1 aliphatic heterocycles. The highest BCUT2D eigenvalue weighted by Gasteiger charge is 2.20. The van der Waals surface area contributed by atoms with Crippen molar-refractivity contribution in [2.75, 3.05) is 38.3 Å². The number of anilines is 1. The zero-order valence-corrected chi connectivity index (χ0v) is 10.3. The van der Waals surface area contributed by atoms with E-state index >= 15 is 0 Å². The van der Waals surface area contributed by atoms with Gasteiger partial charge in [0, 0.05) is 24.3 Å². The van der Waals surface area contributed by atoms with Gasteiger partial charge in [0.1, 0.15) is 5.75 Å². The van der Waals surface area contributed by atoms with Gasteiger partial charge < -0.3 is 19.5 Å². The molecule has 17 heavy (non-hydrogen) atoms. The molecule has 0 aliphatic carbocycles. The largest absolute Gasteiger partial charge is 0.496 e. The molecule has 4 heteroatoms. The molecule has 0 amide bonds. The summed E-state index contributed by atoms with van der Waals surface area (Å²) in [6.07, 6.45) is -0.538. The summed E-state index contributed by atoms with van der Waals surface area (Å²) in [6, 6.07) is 5.86. The zero-order valence-electron chi connectivity index (χ0n) is 10.3. The van der Waals surface area contributed by atoms with Crippen LogP contribution in [0.15, 0.2) is 18.2 Å². The number of morpholine rings is 1. The van der Waals surface area contributed by atoms with E-state index in [0.717, 1.165) is 43.3 Å². The van der Waals surface area contributed by atoms with Gasteiger partial charge in [-0.25, -0.2) is 0 Å². The van der Waals surface area contributed by atoms with E-state index in [9.17, 15) is 5.11 Å². The van der Waals surface area contributed by atoms with Crippen molar-refractivity contribution >= 4 is 5.69 Å². The molecular formula is C13H19NO3. The Morgan fingerprint density at radius 2 is 2.06 bits per heavy atom. The van der Waals surface area contributed by atoms with E-state index < -0.39 is 6.10 Å². The number of hydrogen-bond donors (Lipinski definition) is 1. The summed E-state index contributed by atoms with van der Waals surface area (Å²) >= 11 is 0. The molecule has 4 nitrogen and oxygen atoms in total. The van der Waals surface area contributed by atoms with E-state index in [1.165, 1.54) is 0 Å². The van der Waals surface area contributed by atoms with Crippen LogP contribution >= 0.6 is 0 Å². The second-order valence-electron chi connectivity index (χ2n) is 4.17. The minimum Gasteiger partial charge on any atom is -0.496 e. The monoisotopic (exact) mass is 237 g/mol. The van der Waals surface area contributed by atoms with Crippen LogP contribution in [0.3, 0.4) is 0 Å². The van der Waals surface area contributed by atoms with Crippen molar-refractivity contribution < 1.29 is 14.6 Å². The first kappa shape index (κ1) is 12.2. The molecule has 1 atom stereocenters. The highest BCUT2D eigenvalue weighted by atomic mass is 16.5. The number of aliphatic hydroxyl groups is 1. The lowest BCUT2D eigenvalue weighted by atomic mass is 10.1. The number of ether oxygens (including phenoxy) is 2. The fourth-order valence-corrected chi connectivity index (χ4v) is 2.21. The number of methoxy groups -OCH3 is 1. The molecule has 1 fully saturated rings. The molecule has 0 bridgehead atoms.